The Hall–Kier alpha value is -3.95. The van der Waals surface area contributed by atoms with E-state index in [2.05, 4.69) is 20.3 Å². The number of aromatic nitrogens is 3. The molecule has 0 bridgehead atoms. The molecule has 0 spiro atoms. The number of pyridine rings is 2. The zero-order chi connectivity index (χ0) is 24.7. The first-order valence-corrected chi connectivity index (χ1v) is 10.9. The van der Waals surface area contributed by atoms with Crippen LogP contribution >= 0.6 is 0 Å². The lowest BCUT2D eigenvalue weighted by molar-refractivity contribution is -0.149. The Morgan fingerprint density at radius 1 is 1.23 bits per heavy atom. The average molecular weight is 484 g/mol. The summed E-state index contributed by atoms with van der Waals surface area (Å²) in [7, 11) is 0. The minimum Gasteiger partial charge on any atom is -0.490 e. The van der Waals surface area contributed by atoms with Gasteiger partial charge in [0.15, 0.2) is 0 Å². The minimum atomic E-state index is -4.68. The van der Waals surface area contributed by atoms with Crippen molar-refractivity contribution >= 4 is 16.9 Å². The van der Waals surface area contributed by atoms with E-state index in [0.29, 0.717) is 34.5 Å². The van der Waals surface area contributed by atoms with Gasteiger partial charge >= 0.3 is 6.18 Å². The maximum Gasteiger partial charge on any atom is 0.398 e. The van der Waals surface area contributed by atoms with Gasteiger partial charge in [-0.3, -0.25) is 4.79 Å². The molecule has 5 rings (SSSR count). The van der Waals surface area contributed by atoms with Gasteiger partial charge in [0.05, 0.1) is 17.9 Å². The predicted octanol–water partition coefficient (Wildman–Crippen LogP) is 5.34. The van der Waals surface area contributed by atoms with Crippen LogP contribution in [0.5, 0.6) is 5.75 Å². The lowest BCUT2D eigenvalue weighted by Gasteiger charge is -2.22. The molecule has 4 aromatic rings. The molecule has 6 nitrogen and oxygen atoms in total. The van der Waals surface area contributed by atoms with Gasteiger partial charge in [-0.25, -0.2) is 14.4 Å². The molecule has 0 radical (unpaired) electrons. The Kier molecular flexibility index (Phi) is 5.66. The fraction of sp³-hybridized carbons (Fsp3) is 0.240. The van der Waals surface area contributed by atoms with Crippen molar-refractivity contribution in [2.75, 3.05) is 13.2 Å². The van der Waals surface area contributed by atoms with Crippen LogP contribution in [-0.2, 0) is 0 Å². The predicted molar refractivity (Wildman–Crippen MR) is 121 cm³/mol. The second kappa shape index (κ2) is 8.68. The van der Waals surface area contributed by atoms with Crippen molar-refractivity contribution in [1.29, 1.82) is 0 Å². The van der Waals surface area contributed by atoms with E-state index in [1.165, 1.54) is 42.6 Å². The SMILES string of the molecule is CC1COc2c1cc(C(CNC(=O)c1ccnc3[nH]ccc13)C(F)(F)F)nc2-c1ccc(F)cc1. The van der Waals surface area contributed by atoms with Crippen molar-refractivity contribution in [2.24, 2.45) is 0 Å². The molecule has 0 saturated carbocycles. The first-order valence-electron chi connectivity index (χ1n) is 10.9. The van der Waals surface area contributed by atoms with Crippen LogP contribution in [0.25, 0.3) is 22.3 Å². The molecular formula is C25H20F4N4O2. The lowest BCUT2D eigenvalue weighted by Crippen LogP contribution is -2.35. The third kappa shape index (κ3) is 4.31. The van der Waals surface area contributed by atoms with Crippen LogP contribution in [0.3, 0.4) is 0 Å². The number of ether oxygens (including phenoxy) is 1. The first kappa shape index (κ1) is 22.8. The summed E-state index contributed by atoms with van der Waals surface area (Å²) in [5.41, 5.74) is 1.69. The van der Waals surface area contributed by atoms with E-state index in [1.807, 2.05) is 6.92 Å². The molecule has 1 aliphatic rings. The van der Waals surface area contributed by atoms with Crippen molar-refractivity contribution in [3.05, 3.63) is 77.5 Å². The smallest absolute Gasteiger partial charge is 0.398 e. The van der Waals surface area contributed by atoms with Gasteiger partial charge in [0.25, 0.3) is 5.91 Å². The van der Waals surface area contributed by atoms with Crippen LogP contribution in [0.1, 0.15) is 40.4 Å². The highest BCUT2D eigenvalue weighted by Gasteiger charge is 2.43. The molecule has 1 aliphatic heterocycles. The van der Waals surface area contributed by atoms with Gasteiger partial charge in [0, 0.05) is 41.4 Å². The van der Waals surface area contributed by atoms with Crippen LogP contribution in [0.4, 0.5) is 17.6 Å². The number of carbonyl (C=O) groups excluding carboxylic acids is 1. The van der Waals surface area contributed by atoms with E-state index >= 15 is 0 Å². The zero-order valence-electron chi connectivity index (χ0n) is 18.5. The summed E-state index contributed by atoms with van der Waals surface area (Å²) in [6.45, 7) is 1.44. The molecule has 2 atom stereocenters. The van der Waals surface area contributed by atoms with E-state index in [0.717, 1.165) is 0 Å². The number of amides is 1. The molecule has 0 saturated heterocycles. The Bertz CT molecular complexity index is 1400. The number of carbonyl (C=O) groups is 1. The maximum absolute atomic E-state index is 14.2. The Balaban J connectivity index is 1.50. The molecule has 10 heteroatoms. The largest absolute Gasteiger partial charge is 0.490 e. The van der Waals surface area contributed by atoms with E-state index in [-0.39, 0.29) is 22.9 Å². The van der Waals surface area contributed by atoms with Gasteiger partial charge in [-0.1, -0.05) is 6.92 Å². The van der Waals surface area contributed by atoms with E-state index in [4.69, 9.17) is 4.74 Å². The van der Waals surface area contributed by atoms with Crippen LogP contribution in [-0.4, -0.2) is 40.2 Å². The van der Waals surface area contributed by atoms with Gasteiger partial charge in [-0.2, -0.15) is 13.2 Å². The molecule has 3 aromatic heterocycles. The number of hydrogen-bond donors (Lipinski definition) is 2. The quantitative estimate of drug-likeness (QED) is 0.375. The highest BCUT2D eigenvalue weighted by molar-refractivity contribution is 6.05. The second-order valence-corrected chi connectivity index (χ2v) is 8.44. The maximum atomic E-state index is 14.2. The van der Waals surface area contributed by atoms with Crippen molar-refractivity contribution in [3.8, 4) is 17.0 Å². The van der Waals surface area contributed by atoms with Gasteiger partial charge in [-0.15, -0.1) is 0 Å². The van der Waals surface area contributed by atoms with Gasteiger partial charge < -0.3 is 15.0 Å². The number of alkyl halides is 3. The summed E-state index contributed by atoms with van der Waals surface area (Å²) < 4.78 is 61.8. The second-order valence-electron chi connectivity index (χ2n) is 8.44. The van der Waals surface area contributed by atoms with Gasteiger partial charge in [-0.05, 0) is 42.5 Å². The summed E-state index contributed by atoms with van der Waals surface area (Å²) in [4.78, 5) is 24.0. The van der Waals surface area contributed by atoms with Gasteiger partial charge in [0.2, 0.25) is 0 Å². The monoisotopic (exact) mass is 484 g/mol. The minimum absolute atomic E-state index is 0.145. The number of H-pyrrole nitrogens is 1. The van der Waals surface area contributed by atoms with Crippen molar-refractivity contribution in [2.45, 2.75) is 24.9 Å². The molecule has 0 fully saturated rings. The number of rotatable bonds is 5. The van der Waals surface area contributed by atoms with Crippen LogP contribution in [0.2, 0.25) is 0 Å². The van der Waals surface area contributed by atoms with Crippen molar-refractivity contribution < 1.29 is 27.1 Å². The molecule has 35 heavy (non-hydrogen) atoms. The first-order chi connectivity index (χ1) is 16.7. The number of fused-ring (bicyclic) bond motifs is 2. The summed E-state index contributed by atoms with van der Waals surface area (Å²) in [6.07, 6.45) is -1.67. The van der Waals surface area contributed by atoms with E-state index in [9.17, 15) is 22.4 Å². The summed E-state index contributed by atoms with van der Waals surface area (Å²) in [5.74, 6) is -2.94. The zero-order valence-corrected chi connectivity index (χ0v) is 18.5. The fourth-order valence-electron chi connectivity index (χ4n) is 4.21. The summed E-state index contributed by atoms with van der Waals surface area (Å²) in [5, 5.41) is 2.92. The standard InChI is InChI=1S/C25H20F4N4O2/c1-13-12-35-22-18(13)10-20(33-21(22)14-2-4-15(26)5-3-14)19(25(27,28)29)11-32-24(34)17-7-9-31-23-16(17)6-8-30-23/h2-10,13,19H,11-12H2,1H3,(H,30,31)(H,32,34). The average Bonchev–Trinajstić information content (AvgIpc) is 3.45. The number of benzene rings is 1. The number of nitrogens with one attached hydrogen (secondary N) is 2. The Labute approximate surface area is 197 Å². The van der Waals surface area contributed by atoms with Crippen LogP contribution in [0, 0.1) is 5.82 Å². The van der Waals surface area contributed by atoms with E-state index in [1.54, 1.807) is 12.3 Å². The lowest BCUT2D eigenvalue weighted by atomic mass is 9.95. The molecular weight excluding hydrogens is 464 g/mol. The third-order valence-electron chi connectivity index (χ3n) is 6.07. The molecule has 2 unspecified atom stereocenters. The molecule has 4 heterocycles. The number of halogens is 4. The number of nitrogens with zero attached hydrogens (tertiary/aromatic N) is 2. The van der Waals surface area contributed by atoms with E-state index < -0.39 is 30.4 Å². The number of aromatic amines is 1. The third-order valence-corrected chi connectivity index (χ3v) is 6.07. The molecule has 0 aliphatic carbocycles. The normalized spacial score (nSPS) is 16.1. The fourth-order valence-corrected chi connectivity index (χ4v) is 4.21. The molecule has 2 N–H and O–H groups in total. The molecule has 1 amide bonds. The summed E-state index contributed by atoms with van der Waals surface area (Å²) >= 11 is 0. The Morgan fingerprint density at radius 3 is 2.74 bits per heavy atom. The van der Waals surface area contributed by atoms with Crippen molar-refractivity contribution in [1.82, 2.24) is 20.3 Å². The topological polar surface area (TPSA) is 79.9 Å². The van der Waals surface area contributed by atoms with Gasteiger partial charge in [0.1, 0.15) is 28.8 Å². The molecule has 180 valence electrons. The van der Waals surface area contributed by atoms with Crippen molar-refractivity contribution in [3.63, 3.8) is 0 Å². The van der Waals surface area contributed by atoms with Crippen LogP contribution in [0.15, 0.2) is 54.9 Å². The Morgan fingerprint density at radius 2 is 2.00 bits per heavy atom. The molecule has 1 aromatic carbocycles. The highest BCUT2D eigenvalue weighted by atomic mass is 19.4. The number of hydrogen-bond acceptors (Lipinski definition) is 4. The van der Waals surface area contributed by atoms with Crippen LogP contribution < -0.4 is 10.1 Å². The highest BCUT2D eigenvalue weighted by Crippen LogP contribution is 2.44. The summed E-state index contributed by atoms with van der Waals surface area (Å²) in [6, 6.07) is 9.80.